The molecule has 8 heteroatoms. The van der Waals surface area contributed by atoms with Crippen LogP contribution in [-0.2, 0) is 14.4 Å². The van der Waals surface area contributed by atoms with Crippen LogP contribution in [0.3, 0.4) is 0 Å². The summed E-state index contributed by atoms with van der Waals surface area (Å²) < 4.78 is 26.6. The molecule has 0 saturated carbocycles. The second kappa shape index (κ2) is 7.25. The van der Waals surface area contributed by atoms with Gasteiger partial charge in [-0.15, -0.1) is 0 Å². The smallest absolute Gasteiger partial charge is 0.228 e. The van der Waals surface area contributed by atoms with Gasteiger partial charge in [-0.2, -0.15) is 0 Å². The molecule has 2 atom stereocenters. The third kappa shape index (κ3) is 3.94. The molecule has 2 aliphatic rings. The minimum Gasteiger partial charge on any atom is -0.365 e. The number of hydrogen-bond donors (Lipinski definition) is 1. The molecule has 146 valence electrons. The highest BCUT2D eigenvalue weighted by Crippen LogP contribution is 2.25. The van der Waals surface area contributed by atoms with Gasteiger partial charge in [0.05, 0.1) is 12.0 Å². The molecule has 0 bridgehead atoms. The van der Waals surface area contributed by atoms with E-state index in [1.165, 1.54) is 12.1 Å². The molecule has 3 rings (SSSR count). The predicted molar refractivity (Wildman–Crippen MR) is 95.2 cm³/mol. The van der Waals surface area contributed by atoms with Gasteiger partial charge in [0.15, 0.2) is 17.4 Å². The van der Waals surface area contributed by atoms with Crippen molar-refractivity contribution in [3.05, 3.63) is 29.8 Å². The topological polar surface area (TPSA) is 69.7 Å². The normalized spacial score (nSPS) is 25.7. The highest BCUT2D eigenvalue weighted by molar-refractivity contribution is 6.10. The maximum absolute atomic E-state index is 13.5. The number of ketones is 1. The van der Waals surface area contributed by atoms with E-state index in [0.29, 0.717) is 25.3 Å². The van der Waals surface area contributed by atoms with Crippen LogP contribution in [0.5, 0.6) is 0 Å². The van der Waals surface area contributed by atoms with Crippen LogP contribution < -0.4 is 10.2 Å². The Morgan fingerprint density at radius 2 is 2.00 bits per heavy atom. The number of Topliss-reactive ketones (excluding diaryl/α,β-unsaturated/α-hetero) is 1. The maximum Gasteiger partial charge on any atom is 0.228 e. The summed E-state index contributed by atoms with van der Waals surface area (Å²) in [4.78, 5) is 39.5. The van der Waals surface area contributed by atoms with Crippen LogP contribution in [0, 0.1) is 11.6 Å². The van der Waals surface area contributed by atoms with Crippen LogP contribution in [0.25, 0.3) is 0 Å². The average Bonchev–Trinajstić information content (AvgIpc) is 2.87. The maximum atomic E-state index is 13.5. The van der Waals surface area contributed by atoms with Crippen molar-refractivity contribution in [2.24, 2.45) is 0 Å². The van der Waals surface area contributed by atoms with Crippen LogP contribution in [0.4, 0.5) is 14.5 Å². The van der Waals surface area contributed by atoms with E-state index < -0.39 is 17.2 Å². The number of nitrogens with zero attached hydrogens (tertiary/aromatic N) is 2. The minimum absolute atomic E-state index is 0.0593. The SMILES string of the molecule is C[C@H]1CN(C(=O)CCC2(C)NC(=O)CC2=O)CCN1c1ccc(F)c(F)c1. The Morgan fingerprint density at radius 1 is 1.26 bits per heavy atom. The van der Waals surface area contributed by atoms with E-state index in [9.17, 15) is 23.2 Å². The first-order chi connectivity index (χ1) is 12.7. The van der Waals surface area contributed by atoms with Crippen LogP contribution >= 0.6 is 0 Å². The number of nitrogens with one attached hydrogen (secondary N) is 1. The quantitative estimate of drug-likeness (QED) is 0.808. The molecule has 0 aliphatic carbocycles. The number of piperazine rings is 1. The number of carbonyl (C=O) groups is 3. The first kappa shape index (κ1) is 19.3. The lowest BCUT2D eigenvalue weighted by Gasteiger charge is -2.41. The second-order valence-corrected chi connectivity index (χ2v) is 7.46. The molecular formula is C19H23F2N3O3. The lowest BCUT2D eigenvalue weighted by Crippen LogP contribution is -2.54. The van der Waals surface area contributed by atoms with Gasteiger partial charge in [0, 0.05) is 43.9 Å². The Morgan fingerprint density at radius 3 is 2.59 bits per heavy atom. The number of rotatable bonds is 4. The van der Waals surface area contributed by atoms with E-state index in [2.05, 4.69) is 5.32 Å². The van der Waals surface area contributed by atoms with Crippen molar-refractivity contribution in [2.45, 2.75) is 44.7 Å². The predicted octanol–water partition coefficient (Wildman–Crippen LogP) is 1.63. The molecular weight excluding hydrogens is 356 g/mol. The van der Waals surface area contributed by atoms with Crippen LogP contribution in [0.15, 0.2) is 18.2 Å². The summed E-state index contributed by atoms with van der Waals surface area (Å²) in [6, 6.07) is 3.74. The number of carbonyl (C=O) groups excluding carboxylic acids is 3. The number of hydrogen-bond acceptors (Lipinski definition) is 4. The zero-order chi connectivity index (χ0) is 19.8. The van der Waals surface area contributed by atoms with Gasteiger partial charge in [-0.1, -0.05) is 0 Å². The van der Waals surface area contributed by atoms with E-state index >= 15 is 0 Å². The lowest BCUT2D eigenvalue weighted by molar-refractivity contribution is -0.132. The standard InChI is InChI=1S/C19H23F2N3O3/c1-12-11-23(7-8-24(12)13-3-4-14(20)15(21)9-13)18(27)5-6-19(2)16(25)10-17(26)22-19/h3-4,9,12H,5-8,10-11H2,1-2H3,(H,22,26)/t12-,19?/m0/s1. The summed E-state index contributed by atoms with van der Waals surface area (Å²) in [5, 5.41) is 2.65. The van der Waals surface area contributed by atoms with E-state index in [1.807, 2.05) is 11.8 Å². The molecule has 2 fully saturated rings. The first-order valence-corrected chi connectivity index (χ1v) is 9.03. The fourth-order valence-corrected chi connectivity index (χ4v) is 3.71. The van der Waals surface area contributed by atoms with E-state index in [-0.39, 0.29) is 42.9 Å². The van der Waals surface area contributed by atoms with Crippen molar-refractivity contribution < 1.29 is 23.2 Å². The van der Waals surface area contributed by atoms with Gasteiger partial charge in [0.2, 0.25) is 11.8 Å². The molecule has 2 heterocycles. The third-order valence-corrected chi connectivity index (χ3v) is 5.41. The average molecular weight is 379 g/mol. The largest absolute Gasteiger partial charge is 0.365 e. The monoisotopic (exact) mass is 379 g/mol. The zero-order valence-electron chi connectivity index (χ0n) is 15.4. The molecule has 2 aliphatic heterocycles. The molecule has 2 saturated heterocycles. The summed E-state index contributed by atoms with van der Waals surface area (Å²) in [5.74, 6) is -2.35. The van der Waals surface area contributed by atoms with Crippen LogP contribution in [0.2, 0.25) is 0 Å². The summed E-state index contributed by atoms with van der Waals surface area (Å²) in [6.07, 6.45) is 0.309. The van der Waals surface area contributed by atoms with Gasteiger partial charge < -0.3 is 15.1 Å². The van der Waals surface area contributed by atoms with Gasteiger partial charge in [-0.25, -0.2) is 8.78 Å². The molecule has 1 aromatic carbocycles. The summed E-state index contributed by atoms with van der Waals surface area (Å²) in [6.45, 7) is 4.98. The third-order valence-electron chi connectivity index (χ3n) is 5.41. The van der Waals surface area contributed by atoms with Gasteiger partial charge >= 0.3 is 0 Å². The molecule has 0 aromatic heterocycles. The van der Waals surface area contributed by atoms with Gasteiger partial charge in [-0.3, -0.25) is 14.4 Å². The molecule has 27 heavy (non-hydrogen) atoms. The van der Waals surface area contributed by atoms with E-state index in [1.54, 1.807) is 11.8 Å². The Labute approximate surface area is 156 Å². The van der Waals surface area contributed by atoms with Crippen molar-refractivity contribution in [3.8, 4) is 0 Å². The van der Waals surface area contributed by atoms with E-state index in [0.717, 1.165) is 6.07 Å². The van der Waals surface area contributed by atoms with Gasteiger partial charge in [-0.05, 0) is 32.4 Å². The van der Waals surface area contributed by atoms with Gasteiger partial charge in [0.1, 0.15) is 0 Å². The molecule has 1 aromatic rings. The van der Waals surface area contributed by atoms with Crippen molar-refractivity contribution >= 4 is 23.3 Å². The number of benzene rings is 1. The van der Waals surface area contributed by atoms with Crippen LogP contribution in [0.1, 0.15) is 33.1 Å². The molecule has 0 radical (unpaired) electrons. The van der Waals surface area contributed by atoms with E-state index in [4.69, 9.17) is 0 Å². The van der Waals surface area contributed by atoms with Crippen molar-refractivity contribution in [2.75, 3.05) is 24.5 Å². The number of anilines is 1. The zero-order valence-corrected chi connectivity index (χ0v) is 15.4. The Hall–Kier alpha value is -2.51. The highest BCUT2D eigenvalue weighted by atomic mass is 19.2. The van der Waals surface area contributed by atoms with Crippen molar-refractivity contribution in [1.29, 1.82) is 0 Å². The molecule has 1 unspecified atom stereocenters. The Kier molecular flexibility index (Phi) is 5.17. The lowest BCUT2D eigenvalue weighted by atomic mass is 9.92. The van der Waals surface area contributed by atoms with Crippen molar-refractivity contribution in [1.82, 2.24) is 10.2 Å². The molecule has 1 N–H and O–H groups in total. The fourth-order valence-electron chi connectivity index (χ4n) is 3.71. The molecule has 2 amide bonds. The molecule has 0 spiro atoms. The highest BCUT2D eigenvalue weighted by Gasteiger charge is 2.42. The Balaban J connectivity index is 1.57. The Bertz CT molecular complexity index is 785. The second-order valence-electron chi connectivity index (χ2n) is 7.46. The number of amides is 2. The summed E-state index contributed by atoms with van der Waals surface area (Å²) >= 11 is 0. The minimum atomic E-state index is -0.966. The van der Waals surface area contributed by atoms with Crippen LogP contribution in [-0.4, -0.2) is 53.7 Å². The number of halogens is 2. The van der Waals surface area contributed by atoms with Crippen molar-refractivity contribution in [3.63, 3.8) is 0 Å². The fraction of sp³-hybridized carbons (Fsp3) is 0.526. The van der Waals surface area contributed by atoms with Gasteiger partial charge in [0.25, 0.3) is 0 Å². The summed E-state index contributed by atoms with van der Waals surface area (Å²) in [7, 11) is 0. The summed E-state index contributed by atoms with van der Waals surface area (Å²) in [5.41, 5.74) is -0.383. The molecule has 6 nitrogen and oxygen atoms in total. The first-order valence-electron chi connectivity index (χ1n) is 9.03.